The van der Waals surface area contributed by atoms with Gasteiger partial charge in [-0.25, -0.2) is 4.79 Å². The van der Waals surface area contributed by atoms with Crippen molar-refractivity contribution >= 4 is 12.0 Å². The van der Waals surface area contributed by atoms with Crippen LogP contribution in [0.4, 0.5) is 0 Å². The number of benzene rings is 1. The fourth-order valence-corrected chi connectivity index (χ4v) is 1.11. The summed E-state index contributed by atoms with van der Waals surface area (Å²) in [7, 11) is 1.43. The molecule has 0 amide bonds. The number of carbonyl (C=O) groups excluding carboxylic acids is 1. The molecule has 0 heterocycles. The lowest BCUT2D eigenvalue weighted by molar-refractivity contribution is -0.141. The van der Waals surface area contributed by atoms with E-state index in [0.29, 0.717) is 0 Å². The van der Waals surface area contributed by atoms with Crippen molar-refractivity contribution in [2.75, 3.05) is 13.7 Å². The summed E-state index contributed by atoms with van der Waals surface area (Å²) in [5.74, 6) is -0.320. The van der Waals surface area contributed by atoms with Crippen molar-refractivity contribution in [2.24, 2.45) is 0 Å². The Bertz CT molecular complexity index is 379. The minimum atomic E-state index is -0.494. The molecule has 1 rings (SSSR count). The van der Waals surface area contributed by atoms with Crippen LogP contribution in [0.25, 0.3) is 6.08 Å². The van der Waals surface area contributed by atoms with Gasteiger partial charge in [0.1, 0.15) is 6.61 Å². The predicted octanol–water partition coefficient (Wildman–Crippen LogP) is 2.40. The van der Waals surface area contributed by atoms with E-state index in [2.05, 4.69) is 6.58 Å². The van der Waals surface area contributed by atoms with Crippen LogP contribution in [0.5, 0.6) is 0 Å². The van der Waals surface area contributed by atoms with Gasteiger partial charge in [0.15, 0.2) is 0 Å². The maximum atomic E-state index is 11.5. The topological polar surface area (TPSA) is 35.5 Å². The van der Waals surface area contributed by atoms with Gasteiger partial charge in [0, 0.05) is 0 Å². The smallest absolute Gasteiger partial charge is 0.373 e. The molecule has 84 valence electrons. The van der Waals surface area contributed by atoms with E-state index >= 15 is 0 Å². The zero-order valence-electron chi connectivity index (χ0n) is 9.18. The van der Waals surface area contributed by atoms with E-state index in [0.717, 1.165) is 5.56 Å². The molecule has 0 saturated heterocycles. The SMILES string of the molecule is C=CCOC(=O)C(=Cc1ccccc1)OC. The first-order chi connectivity index (χ1) is 7.77. The van der Waals surface area contributed by atoms with Crippen LogP contribution < -0.4 is 0 Å². The van der Waals surface area contributed by atoms with Gasteiger partial charge in [-0.3, -0.25) is 0 Å². The molecule has 0 saturated carbocycles. The average molecular weight is 218 g/mol. The Labute approximate surface area is 95.0 Å². The van der Waals surface area contributed by atoms with E-state index in [-0.39, 0.29) is 12.4 Å². The number of hydrogen-bond acceptors (Lipinski definition) is 3. The van der Waals surface area contributed by atoms with Crippen LogP contribution in [0.2, 0.25) is 0 Å². The van der Waals surface area contributed by atoms with Gasteiger partial charge in [0.2, 0.25) is 5.76 Å². The highest BCUT2D eigenvalue weighted by atomic mass is 16.6. The lowest BCUT2D eigenvalue weighted by Crippen LogP contribution is -2.09. The van der Waals surface area contributed by atoms with E-state index in [1.54, 1.807) is 6.08 Å². The van der Waals surface area contributed by atoms with E-state index in [1.165, 1.54) is 13.2 Å². The number of rotatable bonds is 5. The van der Waals surface area contributed by atoms with Crippen molar-refractivity contribution in [3.63, 3.8) is 0 Å². The van der Waals surface area contributed by atoms with Crippen LogP contribution in [0, 0.1) is 0 Å². The third-order valence-electron chi connectivity index (χ3n) is 1.85. The molecule has 0 radical (unpaired) electrons. The number of esters is 1. The summed E-state index contributed by atoms with van der Waals surface area (Å²) >= 11 is 0. The molecule has 0 unspecified atom stereocenters. The molecule has 0 aliphatic heterocycles. The molecule has 0 fully saturated rings. The Hall–Kier alpha value is -2.03. The molecule has 0 aliphatic rings. The molecule has 0 aromatic heterocycles. The molecule has 0 N–H and O–H groups in total. The van der Waals surface area contributed by atoms with Crippen LogP contribution in [-0.2, 0) is 14.3 Å². The zero-order chi connectivity index (χ0) is 11.8. The van der Waals surface area contributed by atoms with Crippen molar-refractivity contribution < 1.29 is 14.3 Å². The van der Waals surface area contributed by atoms with Crippen molar-refractivity contribution in [3.8, 4) is 0 Å². The van der Waals surface area contributed by atoms with Gasteiger partial charge < -0.3 is 9.47 Å². The van der Waals surface area contributed by atoms with Gasteiger partial charge >= 0.3 is 5.97 Å². The minimum Gasteiger partial charge on any atom is -0.490 e. The van der Waals surface area contributed by atoms with E-state index in [9.17, 15) is 4.79 Å². The molecule has 3 heteroatoms. The minimum absolute atomic E-state index is 0.174. The third-order valence-corrected chi connectivity index (χ3v) is 1.85. The fourth-order valence-electron chi connectivity index (χ4n) is 1.11. The van der Waals surface area contributed by atoms with Gasteiger partial charge in [-0.15, -0.1) is 0 Å². The molecule has 0 atom stereocenters. The monoisotopic (exact) mass is 218 g/mol. The van der Waals surface area contributed by atoms with E-state index < -0.39 is 5.97 Å². The van der Waals surface area contributed by atoms with Gasteiger partial charge in [0.25, 0.3) is 0 Å². The van der Waals surface area contributed by atoms with Crippen LogP contribution >= 0.6 is 0 Å². The summed E-state index contributed by atoms with van der Waals surface area (Å²) in [5, 5.41) is 0. The molecule has 0 bridgehead atoms. The van der Waals surface area contributed by atoms with Crippen molar-refractivity contribution in [2.45, 2.75) is 0 Å². The lowest BCUT2D eigenvalue weighted by atomic mass is 10.2. The Morgan fingerprint density at radius 1 is 1.38 bits per heavy atom. The highest BCUT2D eigenvalue weighted by Crippen LogP contribution is 2.08. The Morgan fingerprint density at radius 3 is 2.62 bits per heavy atom. The van der Waals surface area contributed by atoms with Crippen LogP contribution in [0.3, 0.4) is 0 Å². The lowest BCUT2D eigenvalue weighted by Gasteiger charge is -2.05. The molecular weight excluding hydrogens is 204 g/mol. The molecule has 16 heavy (non-hydrogen) atoms. The summed E-state index contributed by atoms with van der Waals surface area (Å²) < 4.78 is 9.83. The van der Waals surface area contributed by atoms with Gasteiger partial charge in [-0.2, -0.15) is 0 Å². The fraction of sp³-hybridized carbons (Fsp3) is 0.154. The zero-order valence-corrected chi connectivity index (χ0v) is 9.18. The quantitative estimate of drug-likeness (QED) is 0.329. The van der Waals surface area contributed by atoms with Crippen LogP contribution in [0.1, 0.15) is 5.56 Å². The van der Waals surface area contributed by atoms with Crippen LogP contribution in [0.15, 0.2) is 48.7 Å². The van der Waals surface area contributed by atoms with E-state index in [1.807, 2.05) is 30.3 Å². The standard InChI is InChI=1S/C13H14O3/c1-3-9-16-13(14)12(15-2)10-11-7-5-4-6-8-11/h3-8,10H,1,9H2,2H3. The van der Waals surface area contributed by atoms with E-state index in [4.69, 9.17) is 9.47 Å². The summed E-state index contributed by atoms with van der Waals surface area (Å²) in [5.41, 5.74) is 0.884. The van der Waals surface area contributed by atoms with Gasteiger partial charge in [-0.1, -0.05) is 43.0 Å². The first-order valence-electron chi connectivity index (χ1n) is 4.86. The number of ether oxygens (including phenoxy) is 2. The Morgan fingerprint density at radius 2 is 2.06 bits per heavy atom. The highest BCUT2D eigenvalue weighted by Gasteiger charge is 2.10. The molecule has 1 aromatic rings. The maximum Gasteiger partial charge on any atom is 0.373 e. The predicted molar refractivity (Wildman–Crippen MR) is 62.6 cm³/mol. The first kappa shape index (κ1) is 12.0. The van der Waals surface area contributed by atoms with Crippen LogP contribution in [-0.4, -0.2) is 19.7 Å². The molecule has 0 aliphatic carbocycles. The second kappa shape index (κ2) is 6.45. The molecule has 3 nitrogen and oxygen atoms in total. The molecule has 0 spiro atoms. The number of carbonyl (C=O) groups is 1. The maximum absolute atomic E-state index is 11.5. The van der Waals surface area contributed by atoms with Crippen molar-refractivity contribution in [1.82, 2.24) is 0 Å². The molecule has 1 aromatic carbocycles. The summed E-state index contributed by atoms with van der Waals surface area (Å²) in [4.78, 5) is 11.5. The Kier molecular flexibility index (Phi) is 4.86. The summed E-state index contributed by atoms with van der Waals surface area (Å²) in [6.45, 7) is 3.64. The first-order valence-corrected chi connectivity index (χ1v) is 4.86. The Balaban J connectivity index is 2.77. The van der Waals surface area contributed by atoms with Crippen molar-refractivity contribution in [3.05, 3.63) is 54.3 Å². The third kappa shape index (κ3) is 3.61. The van der Waals surface area contributed by atoms with Crippen molar-refractivity contribution in [1.29, 1.82) is 0 Å². The second-order valence-corrected chi connectivity index (χ2v) is 3.01. The largest absolute Gasteiger partial charge is 0.490 e. The average Bonchev–Trinajstić information content (AvgIpc) is 2.34. The summed E-state index contributed by atoms with van der Waals surface area (Å²) in [6, 6.07) is 9.42. The normalized spacial score (nSPS) is 10.7. The number of methoxy groups -OCH3 is 1. The summed E-state index contributed by atoms with van der Waals surface area (Å²) in [6.07, 6.45) is 3.14. The number of hydrogen-bond donors (Lipinski definition) is 0. The van der Waals surface area contributed by atoms with Gasteiger partial charge in [-0.05, 0) is 11.6 Å². The van der Waals surface area contributed by atoms with Gasteiger partial charge in [0.05, 0.1) is 7.11 Å². The second-order valence-electron chi connectivity index (χ2n) is 3.01. The molecular formula is C13H14O3. The highest BCUT2D eigenvalue weighted by molar-refractivity contribution is 5.91.